The highest BCUT2D eigenvalue weighted by molar-refractivity contribution is 7.80. The fourth-order valence-electron chi connectivity index (χ4n) is 1.95. The molecule has 0 heterocycles. The Balaban J connectivity index is 1.96. The van der Waals surface area contributed by atoms with E-state index in [1.165, 1.54) is 37.3 Å². The number of ether oxygens (including phenoxy) is 2. The van der Waals surface area contributed by atoms with Crippen LogP contribution in [0.1, 0.15) is 6.92 Å². The summed E-state index contributed by atoms with van der Waals surface area (Å²) < 4.78 is 34.7. The third-order valence-corrected chi connectivity index (χ3v) is 3.89. The Morgan fingerprint density at radius 2 is 1.81 bits per heavy atom. The number of nitrogens with one attached hydrogen (secondary N) is 2. The summed E-state index contributed by atoms with van der Waals surface area (Å²) in [6.45, 7) is -1.50. The molecule has 0 saturated carbocycles. The van der Waals surface area contributed by atoms with Crippen LogP contribution in [0.3, 0.4) is 0 Å². The lowest BCUT2D eigenvalue weighted by Gasteiger charge is -2.17. The van der Waals surface area contributed by atoms with E-state index in [9.17, 15) is 13.6 Å². The lowest BCUT2D eigenvalue weighted by atomic mass is 10.3. The molecule has 1 atom stereocenters. The summed E-state index contributed by atoms with van der Waals surface area (Å²) in [4.78, 5) is 12.2. The molecule has 1 amide bonds. The fourth-order valence-corrected chi connectivity index (χ4v) is 2.61. The Hall–Kier alpha value is -2.16. The van der Waals surface area contributed by atoms with E-state index >= 15 is 0 Å². The van der Waals surface area contributed by atoms with Gasteiger partial charge in [0.05, 0.1) is 10.7 Å². The van der Waals surface area contributed by atoms with Gasteiger partial charge in [0, 0.05) is 5.02 Å². The normalized spacial score (nSPS) is 11.6. The molecule has 0 aliphatic rings. The van der Waals surface area contributed by atoms with Gasteiger partial charge in [-0.05, 0) is 49.5 Å². The first-order valence-electron chi connectivity index (χ1n) is 7.53. The first-order chi connectivity index (χ1) is 12.8. The molecule has 2 rings (SSSR count). The van der Waals surface area contributed by atoms with Crippen molar-refractivity contribution < 1.29 is 23.0 Å². The first kappa shape index (κ1) is 21.1. The maximum Gasteiger partial charge on any atom is 0.387 e. The van der Waals surface area contributed by atoms with Crippen LogP contribution >= 0.6 is 35.4 Å². The van der Waals surface area contributed by atoms with Gasteiger partial charge >= 0.3 is 6.61 Å². The summed E-state index contributed by atoms with van der Waals surface area (Å²) in [5, 5.41) is 5.60. The van der Waals surface area contributed by atoms with Crippen LogP contribution in [0.15, 0.2) is 42.5 Å². The summed E-state index contributed by atoms with van der Waals surface area (Å²) >= 11 is 16.8. The van der Waals surface area contributed by atoms with Gasteiger partial charge in [-0.1, -0.05) is 35.3 Å². The molecule has 144 valence electrons. The fraction of sp³-hybridized carbons (Fsp3) is 0.176. The summed E-state index contributed by atoms with van der Waals surface area (Å²) in [5.41, 5.74) is 0.178. The molecular weight excluding hydrogens is 421 g/mol. The maximum atomic E-state index is 12.4. The summed E-state index contributed by atoms with van der Waals surface area (Å²) in [5.74, 6) is -0.398. The number of halogens is 4. The number of carbonyl (C=O) groups is 1. The van der Waals surface area contributed by atoms with Gasteiger partial charge in [-0.15, -0.1) is 0 Å². The second-order valence-corrected chi connectivity index (χ2v) is 6.40. The Kier molecular flexibility index (Phi) is 7.58. The molecule has 0 aliphatic carbocycles. The van der Waals surface area contributed by atoms with E-state index in [1.807, 2.05) is 0 Å². The van der Waals surface area contributed by atoms with Crippen molar-refractivity contribution >= 4 is 52.1 Å². The van der Waals surface area contributed by atoms with Gasteiger partial charge in [-0.25, -0.2) is 0 Å². The zero-order valence-electron chi connectivity index (χ0n) is 13.8. The predicted octanol–water partition coefficient (Wildman–Crippen LogP) is 4.88. The van der Waals surface area contributed by atoms with Crippen molar-refractivity contribution in [2.45, 2.75) is 19.6 Å². The average molecular weight is 435 g/mol. The third-order valence-electron chi connectivity index (χ3n) is 3.15. The van der Waals surface area contributed by atoms with Gasteiger partial charge in [0.15, 0.2) is 11.2 Å². The van der Waals surface area contributed by atoms with Crippen molar-refractivity contribution in [3.05, 3.63) is 52.5 Å². The highest BCUT2D eigenvalue weighted by atomic mass is 35.5. The van der Waals surface area contributed by atoms with E-state index in [-0.39, 0.29) is 27.3 Å². The van der Waals surface area contributed by atoms with Crippen molar-refractivity contribution in [3.63, 3.8) is 0 Å². The Labute approximate surface area is 169 Å². The number of amides is 1. The second-order valence-electron chi connectivity index (χ2n) is 5.15. The van der Waals surface area contributed by atoms with E-state index < -0.39 is 18.6 Å². The van der Waals surface area contributed by atoms with Crippen molar-refractivity contribution in [1.82, 2.24) is 5.32 Å². The van der Waals surface area contributed by atoms with Crippen molar-refractivity contribution in [2.75, 3.05) is 5.32 Å². The number of benzene rings is 2. The maximum absolute atomic E-state index is 12.4. The highest BCUT2D eigenvalue weighted by Gasteiger charge is 2.18. The molecule has 0 radical (unpaired) electrons. The number of hydrogen-bond donors (Lipinski definition) is 2. The van der Waals surface area contributed by atoms with Crippen LogP contribution in [0.4, 0.5) is 14.5 Å². The number of carbonyl (C=O) groups excluding carboxylic acids is 1. The van der Waals surface area contributed by atoms with Crippen LogP contribution in [0, 0.1) is 0 Å². The van der Waals surface area contributed by atoms with E-state index in [1.54, 1.807) is 12.1 Å². The molecule has 2 N–H and O–H groups in total. The van der Waals surface area contributed by atoms with E-state index in [2.05, 4.69) is 15.4 Å². The van der Waals surface area contributed by atoms with E-state index in [0.29, 0.717) is 5.02 Å². The lowest BCUT2D eigenvalue weighted by molar-refractivity contribution is -0.125. The number of rotatable bonds is 6. The third kappa shape index (κ3) is 6.50. The summed E-state index contributed by atoms with van der Waals surface area (Å²) in [6.07, 6.45) is -0.934. The average Bonchev–Trinajstić information content (AvgIpc) is 2.58. The van der Waals surface area contributed by atoms with E-state index in [0.717, 1.165) is 0 Å². The van der Waals surface area contributed by atoms with Gasteiger partial charge in [0.1, 0.15) is 11.5 Å². The first-order valence-corrected chi connectivity index (χ1v) is 8.70. The smallest absolute Gasteiger partial charge is 0.387 e. The second kappa shape index (κ2) is 9.68. The van der Waals surface area contributed by atoms with E-state index in [4.69, 9.17) is 40.2 Å². The topological polar surface area (TPSA) is 59.6 Å². The van der Waals surface area contributed by atoms with Gasteiger partial charge in [0.25, 0.3) is 5.91 Å². The molecule has 0 spiro atoms. The zero-order valence-corrected chi connectivity index (χ0v) is 16.2. The molecule has 10 heteroatoms. The number of thiocarbonyl (C=S) groups is 1. The van der Waals surface area contributed by atoms with Crippen LogP contribution < -0.4 is 20.1 Å². The molecule has 0 aliphatic heterocycles. The molecule has 27 heavy (non-hydrogen) atoms. The van der Waals surface area contributed by atoms with Gasteiger partial charge in [0.2, 0.25) is 0 Å². The molecule has 0 aromatic heterocycles. The van der Waals surface area contributed by atoms with Crippen LogP contribution in [-0.2, 0) is 4.79 Å². The number of anilines is 1. The molecule has 2 aromatic rings. The molecule has 0 saturated heterocycles. The Morgan fingerprint density at radius 1 is 1.11 bits per heavy atom. The number of hydrogen-bond acceptors (Lipinski definition) is 4. The van der Waals surface area contributed by atoms with Crippen LogP contribution in [0.5, 0.6) is 11.5 Å². The molecule has 0 bridgehead atoms. The zero-order chi connectivity index (χ0) is 20.0. The quantitative estimate of drug-likeness (QED) is 0.634. The van der Waals surface area contributed by atoms with Crippen molar-refractivity contribution in [3.8, 4) is 11.5 Å². The van der Waals surface area contributed by atoms with Crippen molar-refractivity contribution in [1.29, 1.82) is 0 Å². The van der Waals surface area contributed by atoms with Crippen molar-refractivity contribution in [2.24, 2.45) is 0 Å². The van der Waals surface area contributed by atoms with Crippen LogP contribution in [-0.4, -0.2) is 23.7 Å². The number of para-hydroxylation sites is 2. The monoisotopic (exact) mass is 434 g/mol. The molecule has 2 aromatic carbocycles. The minimum Gasteiger partial charge on any atom is -0.479 e. The predicted molar refractivity (Wildman–Crippen MR) is 104 cm³/mol. The van der Waals surface area contributed by atoms with Crippen LogP contribution in [0.2, 0.25) is 10.0 Å². The number of alkyl halides is 2. The Bertz CT molecular complexity index is 840. The van der Waals surface area contributed by atoms with Gasteiger partial charge < -0.3 is 14.8 Å². The molecule has 5 nitrogen and oxygen atoms in total. The standard InChI is InChI=1S/C17H14Cl2F2N2O3S/c1-9(25-13-7-6-10(18)8-11(13)19)15(24)23-17(27)22-12-4-2-3-5-14(12)26-16(20)21/h2-9,16H,1H3,(H2,22,23,24,27). The SMILES string of the molecule is CC(Oc1ccc(Cl)cc1Cl)C(=O)NC(=S)Nc1ccccc1OC(F)F. The summed E-state index contributed by atoms with van der Waals surface area (Å²) in [6, 6.07) is 10.5. The highest BCUT2D eigenvalue weighted by Crippen LogP contribution is 2.28. The van der Waals surface area contributed by atoms with Crippen LogP contribution in [0.25, 0.3) is 0 Å². The lowest BCUT2D eigenvalue weighted by Crippen LogP contribution is -2.42. The Morgan fingerprint density at radius 3 is 2.48 bits per heavy atom. The minimum absolute atomic E-state index is 0.108. The minimum atomic E-state index is -2.99. The largest absolute Gasteiger partial charge is 0.479 e. The summed E-state index contributed by atoms with van der Waals surface area (Å²) in [7, 11) is 0. The van der Waals surface area contributed by atoms with Gasteiger partial charge in [-0.2, -0.15) is 8.78 Å². The molecule has 0 fully saturated rings. The molecule has 1 unspecified atom stereocenters. The molecular formula is C17H14Cl2F2N2O3S. The van der Waals surface area contributed by atoms with Gasteiger partial charge in [-0.3, -0.25) is 10.1 Å².